The van der Waals surface area contributed by atoms with E-state index in [1.807, 2.05) is 20.8 Å². The molecule has 0 spiro atoms. The topological polar surface area (TPSA) is 169 Å². The molecule has 41 heavy (non-hydrogen) atoms. The van der Waals surface area contributed by atoms with Crippen LogP contribution in [0.15, 0.2) is 40.5 Å². The first-order valence-corrected chi connectivity index (χ1v) is 15.3. The Morgan fingerprint density at radius 1 is 1.10 bits per heavy atom. The largest absolute Gasteiger partial charge is 0.360 e. The fourth-order valence-electron chi connectivity index (χ4n) is 4.66. The van der Waals surface area contributed by atoms with Gasteiger partial charge in [0, 0.05) is 12.1 Å². The molecule has 5 rings (SSSR count). The predicted molar refractivity (Wildman–Crippen MR) is 153 cm³/mol. The van der Waals surface area contributed by atoms with Gasteiger partial charge in [0.15, 0.2) is 27.1 Å². The van der Waals surface area contributed by atoms with Crippen molar-refractivity contribution in [2.45, 2.75) is 70.4 Å². The van der Waals surface area contributed by atoms with E-state index >= 15 is 0 Å². The lowest BCUT2D eigenvalue weighted by molar-refractivity contribution is 0.458. The third-order valence-electron chi connectivity index (χ3n) is 7.13. The molecule has 0 bridgehead atoms. The molecule has 0 aliphatic heterocycles. The molecule has 0 radical (unpaired) electrons. The van der Waals surface area contributed by atoms with Crippen molar-refractivity contribution in [3.05, 3.63) is 58.3 Å². The zero-order valence-electron chi connectivity index (χ0n) is 23.4. The van der Waals surface area contributed by atoms with Gasteiger partial charge in [-0.2, -0.15) is 5.26 Å². The number of nitrogens with zero attached hydrogens (tertiary/aromatic N) is 8. The highest BCUT2D eigenvalue weighted by Gasteiger charge is 2.31. The number of aromatic nitrogens is 7. The first-order valence-electron chi connectivity index (χ1n) is 13.6. The first kappa shape index (κ1) is 28.2. The first-order chi connectivity index (χ1) is 19.7. The summed E-state index contributed by atoms with van der Waals surface area (Å²) in [6.45, 7) is 7.42. The van der Waals surface area contributed by atoms with Crippen molar-refractivity contribution in [2.24, 2.45) is 5.92 Å². The summed E-state index contributed by atoms with van der Waals surface area (Å²) in [7, 11) is -3.37. The fraction of sp³-hybridized carbons (Fsp3) is 0.429. The van der Waals surface area contributed by atoms with Crippen molar-refractivity contribution in [1.82, 2.24) is 34.5 Å². The molecular weight excluding hydrogens is 542 g/mol. The van der Waals surface area contributed by atoms with Crippen LogP contribution in [-0.2, 0) is 22.8 Å². The Morgan fingerprint density at radius 2 is 1.88 bits per heavy atom. The van der Waals surface area contributed by atoms with Crippen LogP contribution in [0.5, 0.6) is 0 Å². The van der Waals surface area contributed by atoms with Gasteiger partial charge < -0.3 is 5.32 Å². The van der Waals surface area contributed by atoms with E-state index in [0.29, 0.717) is 29.4 Å². The zero-order valence-corrected chi connectivity index (χ0v) is 24.2. The van der Waals surface area contributed by atoms with Crippen LogP contribution >= 0.6 is 0 Å². The molecule has 1 N–H and O–H groups in total. The molecule has 212 valence electrons. The minimum absolute atomic E-state index is 0.0118. The van der Waals surface area contributed by atoms with E-state index < -0.39 is 21.4 Å². The molecule has 1 aliphatic carbocycles. The van der Waals surface area contributed by atoms with Crippen LogP contribution in [-0.4, -0.2) is 48.6 Å². The van der Waals surface area contributed by atoms with E-state index in [1.54, 1.807) is 25.5 Å². The number of hydrogen-bond donors (Lipinski definition) is 1. The molecule has 0 aromatic carbocycles. The molecule has 0 saturated heterocycles. The Hall–Kier alpha value is -4.31. The number of sulfone groups is 1. The van der Waals surface area contributed by atoms with Crippen molar-refractivity contribution in [2.75, 3.05) is 11.1 Å². The Morgan fingerprint density at radius 3 is 2.49 bits per heavy atom. The molecule has 4 heterocycles. The quantitative estimate of drug-likeness (QED) is 0.294. The number of rotatable bonds is 10. The van der Waals surface area contributed by atoms with Gasteiger partial charge in [0.2, 0.25) is 0 Å². The summed E-state index contributed by atoms with van der Waals surface area (Å²) in [5, 5.41) is 13.1. The van der Waals surface area contributed by atoms with Crippen LogP contribution in [0.3, 0.4) is 0 Å². The Bertz CT molecular complexity index is 1810. The second kappa shape index (κ2) is 11.3. The van der Waals surface area contributed by atoms with Crippen molar-refractivity contribution < 1.29 is 8.42 Å². The molecule has 1 saturated carbocycles. The maximum Gasteiger partial charge on any atom is 0.296 e. The zero-order chi connectivity index (χ0) is 29.3. The van der Waals surface area contributed by atoms with E-state index in [-0.39, 0.29) is 34.6 Å². The number of fused-ring (bicyclic) bond motifs is 1. The molecule has 13 heteroatoms. The van der Waals surface area contributed by atoms with E-state index in [2.05, 4.69) is 36.3 Å². The molecule has 1 fully saturated rings. The Labute approximate surface area is 237 Å². The van der Waals surface area contributed by atoms with E-state index in [0.717, 1.165) is 29.8 Å². The Balaban J connectivity index is 1.59. The monoisotopic (exact) mass is 573 g/mol. The number of hydrogen-bond acceptors (Lipinski definition) is 11. The fourth-order valence-corrected chi connectivity index (χ4v) is 5.48. The van der Waals surface area contributed by atoms with Gasteiger partial charge in [0.25, 0.3) is 5.56 Å². The summed E-state index contributed by atoms with van der Waals surface area (Å²) >= 11 is 0. The van der Waals surface area contributed by atoms with Crippen LogP contribution < -0.4 is 10.9 Å². The van der Waals surface area contributed by atoms with E-state index in [9.17, 15) is 18.5 Å². The van der Waals surface area contributed by atoms with Gasteiger partial charge >= 0.3 is 0 Å². The van der Waals surface area contributed by atoms with E-state index in [1.165, 1.54) is 16.8 Å². The molecule has 0 amide bonds. The van der Waals surface area contributed by atoms with Gasteiger partial charge in [-0.15, -0.1) is 0 Å². The smallest absolute Gasteiger partial charge is 0.296 e. The molecule has 1 atom stereocenters. The summed E-state index contributed by atoms with van der Waals surface area (Å²) < 4.78 is 25.6. The van der Waals surface area contributed by atoms with Crippen molar-refractivity contribution in [3.8, 4) is 17.5 Å². The normalized spacial score (nSPS) is 14.2. The minimum atomic E-state index is -3.37. The van der Waals surface area contributed by atoms with Gasteiger partial charge in [0.05, 0.1) is 52.1 Å². The van der Waals surface area contributed by atoms with Crippen LogP contribution in [0.1, 0.15) is 69.6 Å². The van der Waals surface area contributed by atoms with Crippen LogP contribution in [0.2, 0.25) is 0 Å². The van der Waals surface area contributed by atoms with Crippen LogP contribution in [0.25, 0.3) is 22.6 Å². The molecular formula is C28H31N9O3S. The SMILES string of the molecule is CCc1ncnc(C2CC2)c1-c1ncc2nc(NCc3ccc(S(=O)(=O)CC)cn3)c(=O)n([C@H](C#N)C(C)C)c2n1. The molecule has 0 unspecified atom stereocenters. The lowest BCUT2D eigenvalue weighted by Crippen LogP contribution is -2.31. The predicted octanol–water partition coefficient (Wildman–Crippen LogP) is 3.60. The summed E-state index contributed by atoms with van der Waals surface area (Å²) in [6.07, 6.45) is 7.17. The van der Waals surface area contributed by atoms with Gasteiger partial charge in [-0.25, -0.2) is 33.3 Å². The highest BCUT2D eigenvalue weighted by molar-refractivity contribution is 7.91. The highest BCUT2D eigenvalue weighted by Crippen LogP contribution is 2.43. The van der Waals surface area contributed by atoms with Crippen LogP contribution in [0.4, 0.5) is 5.82 Å². The van der Waals surface area contributed by atoms with Gasteiger partial charge in [-0.05, 0) is 37.3 Å². The lowest BCUT2D eigenvalue weighted by Gasteiger charge is -2.20. The van der Waals surface area contributed by atoms with Crippen molar-refractivity contribution in [1.29, 1.82) is 5.26 Å². The number of pyridine rings is 1. The number of nitrogens with one attached hydrogen (secondary N) is 1. The third kappa shape index (κ3) is 5.52. The van der Waals surface area contributed by atoms with Crippen molar-refractivity contribution >= 4 is 26.8 Å². The second-order valence-electron chi connectivity index (χ2n) is 10.3. The lowest BCUT2D eigenvalue weighted by atomic mass is 10.0. The average Bonchev–Trinajstić information content (AvgIpc) is 3.83. The number of anilines is 1. The summed E-state index contributed by atoms with van der Waals surface area (Å²) in [5.41, 5.74) is 3.12. The molecule has 1 aliphatic rings. The Kier molecular flexibility index (Phi) is 7.77. The summed E-state index contributed by atoms with van der Waals surface area (Å²) in [5.74, 6) is 0.525. The molecule has 4 aromatic rings. The molecule has 12 nitrogen and oxygen atoms in total. The standard InChI is InChI=1S/C28H31N9O3S/c1-5-20-23(24(17-7-8-17)34-15-33-20)25-32-14-21-27(36-25)37(22(11-29)16(3)4)28(38)26(35-21)31-12-18-9-10-19(13-30-18)41(39,40)6-2/h9-10,13-17,22H,5-8,12H2,1-4H3,(H,31,35)/t22-/m1/s1. The summed E-state index contributed by atoms with van der Waals surface area (Å²) in [4.78, 5) is 41.1. The van der Waals surface area contributed by atoms with E-state index in [4.69, 9.17) is 4.98 Å². The second-order valence-corrected chi connectivity index (χ2v) is 12.6. The van der Waals surface area contributed by atoms with Gasteiger partial charge in [-0.1, -0.05) is 27.7 Å². The third-order valence-corrected chi connectivity index (χ3v) is 8.84. The van der Waals surface area contributed by atoms with Gasteiger partial charge in [-0.3, -0.25) is 14.3 Å². The average molecular weight is 574 g/mol. The maximum absolute atomic E-state index is 13.8. The van der Waals surface area contributed by atoms with Gasteiger partial charge in [0.1, 0.15) is 17.9 Å². The van der Waals surface area contributed by atoms with Crippen molar-refractivity contribution in [3.63, 3.8) is 0 Å². The van der Waals surface area contributed by atoms with Crippen LogP contribution in [0, 0.1) is 17.2 Å². The maximum atomic E-state index is 13.8. The molecule has 4 aromatic heterocycles. The summed E-state index contributed by atoms with van der Waals surface area (Å²) in [6, 6.07) is 4.51. The number of aryl methyl sites for hydroxylation is 1. The minimum Gasteiger partial charge on any atom is -0.360 e. The number of nitriles is 1. The highest BCUT2D eigenvalue weighted by atomic mass is 32.2.